The highest BCUT2D eigenvalue weighted by Gasteiger charge is 2.22. The smallest absolute Gasteiger partial charge is 0.266 e. The van der Waals surface area contributed by atoms with Crippen molar-refractivity contribution < 1.29 is 14.5 Å². The summed E-state index contributed by atoms with van der Waals surface area (Å²) >= 11 is 0. The van der Waals surface area contributed by atoms with Gasteiger partial charge in [-0.2, -0.15) is 0 Å². The zero-order valence-corrected chi connectivity index (χ0v) is 16.6. The lowest BCUT2D eigenvalue weighted by atomic mass is 10.0. The number of anilines is 3. The number of nitrogens with zero attached hydrogens (tertiary/aromatic N) is 2. The SMILES string of the molecule is [2H]c1cc2nc(C)nc(NC(C)c3cc(N)cc(C(F)F)c3F)c2cc1NC(C)C. The lowest BCUT2D eigenvalue weighted by Crippen LogP contribution is -2.13. The summed E-state index contributed by atoms with van der Waals surface area (Å²) in [6.07, 6.45) is -2.97. The van der Waals surface area contributed by atoms with Crippen molar-refractivity contribution in [2.75, 3.05) is 16.4 Å². The second-order valence-corrected chi connectivity index (χ2v) is 7.24. The lowest BCUT2D eigenvalue weighted by Gasteiger charge is -2.20. The number of aryl methyl sites for hydroxylation is 1. The van der Waals surface area contributed by atoms with Gasteiger partial charge in [0.05, 0.1) is 18.5 Å². The Bertz CT molecular complexity index is 1090. The molecule has 3 aromatic rings. The van der Waals surface area contributed by atoms with Crippen LogP contribution in [0.15, 0.2) is 30.3 Å². The van der Waals surface area contributed by atoms with Crippen molar-refractivity contribution in [1.82, 2.24) is 9.97 Å². The molecule has 0 radical (unpaired) electrons. The van der Waals surface area contributed by atoms with E-state index in [2.05, 4.69) is 20.6 Å². The molecule has 0 bridgehead atoms. The fourth-order valence-corrected chi connectivity index (χ4v) is 3.14. The molecular formula is C21H24F3N5. The van der Waals surface area contributed by atoms with Gasteiger partial charge < -0.3 is 16.4 Å². The van der Waals surface area contributed by atoms with Crippen LogP contribution in [0.2, 0.25) is 0 Å². The molecule has 0 saturated heterocycles. The Balaban J connectivity index is 2.07. The minimum atomic E-state index is -2.97. The number of benzene rings is 2. The van der Waals surface area contributed by atoms with E-state index in [4.69, 9.17) is 7.10 Å². The normalized spacial score (nSPS) is 13.1. The Kier molecular flexibility index (Phi) is 5.42. The van der Waals surface area contributed by atoms with Crippen LogP contribution in [-0.2, 0) is 0 Å². The molecule has 0 fully saturated rings. The maximum absolute atomic E-state index is 14.7. The third-order valence-electron chi connectivity index (χ3n) is 4.39. The third kappa shape index (κ3) is 4.52. The van der Waals surface area contributed by atoms with Gasteiger partial charge in [0.1, 0.15) is 17.5 Å². The van der Waals surface area contributed by atoms with Gasteiger partial charge in [0.2, 0.25) is 0 Å². The quantitative estimate of drug-likeness (QED) is 0.467. The van der Waals surface area contributed by atoms with Gasteiger partial charge in [0, 0.05) is 28.4 Å². The summed E-state index contributed by atoms with van der Waals surface area (Å²) < 4.78 is 49.2. The number of hydrogen-bond acceptors (Lipinski definition) is 5. The number of halogens is 3. The van der Waals surface area contributed by atoms with Crippen LogP contribution >= 0.6 is 0 Å². The average molecular weight is 404 g/mol. The third-order valence-corrected chi connectivity index (χ3v) is 4.39. The standard InChI is InChI=1S/C21H24F3N5/c1-10(2)26-14-5-6-18-16(9-14)21(29-12(4)28-18)27-11(3)15-7-13(25)8-17(19(15)22)20(23)24/h5-11,20,26H,25H2,1-4H3,(H,27,28,29)/i5D. The summed E-state index contributed by atoms with van der Waals surface area (Å²) in [4.78, 5) is 8.79. The Morgan fingerprint density at radius 2 is 1.76 bits per heavy atom. The molecule has 2 aromatic carbocycles. The summed E-state index contributed by atoms with van der Waals surface area (Å²) in [5, 5.41) is 6.92. The van der Waals surface area contributed by atoms with Gasteiger partial charge in [-0.15, -0.1) is 0 Å². The number of hydrogen-bond donors (Lipinski definition) is 3. The first-order chi connectivity index (χ1) is 14.1. The Hall–Kier alpha value is -3.03. The molecule has 154 valence electrons. The molecule has 8 heteroatoms. The van der Waals surface area contributed by atoms with Crippen molar-refractivity contribution in [2.24, 2.45) is 0 Å². The van der Waals surface area contributed by atoms with Crippen LogP contribution < -0.4 is 16.4 Å². The highest BCUT2D eigenvalue weighted by atomic mass is 19.3. The molecule has 0 spiro atoms. The molecule has 5 nitrogen and oxygen atoms in total. The molecular weight excluding hydrogens is 379 g/mol. The average Bonchev–Trinajstić information content (AvgIpc) is 2.63. The molecule has 0 aliphatic rings. The van der Waals surface area contributed by atoms with Crippen molar-refractivity contribution in [3.63, 3.8) is 0 Å². The molecule has 1 unspecified atom stereocenters. The topological polar surface area (TPSA) is 75.9 Å². The van der Waals surface area contributed by atoms with Crippen LogP contribution in [0, 0.1) is 12.7 Å². The predicted molar refractivity (Wildman–Crippen MR) is 111 cm³/mol. The van der Waals surface area contributed by atoms with Crippen LogP contribution in [-0.4, -0.2) is 16.0 Å². The monoisotopic (exact) mass is 404 g/mol. The Labute approximate surface area is 169 Å². The van der Waals surface area contributed by atoms with Crippen LogP contribution in [0.3, 0.4) is 0 Å². The van der Waals surface area contributed by atoms with E-state index in [1.54, 1.807) is 26.0 Å². The van der Waals surface area contributed by atoms with Crippen molar-refractivity contribution in [3.8, 4) is 0 Å². The largest absolute Gasteiger partial charge is 0.399 e. The summed E-state index contributed by atoms with van der Waals surface area (Å²) in [7, 11) is 0. The minimum Gasteiger partial charge on any atom is -0.399 e. The van der Waals surface area contributed by atoms with Crippen molar-refractivity contribution in [2.45, 2.75) is 46.2 Å². The van der Waals surface area contributed by atoms with Gasteiger partial charge in [-0.1, -0.05) is 0 Å². The molecule has 4 N–H and O–H groups in total. The molecule has 1 aromatic heterocycles. The predicted octanol–water partition coefficient (Wildman–Crippen LogP) is 5.59. The van der Waals surface area contributed by atoms with E-state index < -0.39 is 23.8 Å². The van der Waals surface area contributed by atoms with E-state index in [9.17, 15) is 13.2 Å². The second-order valence-electron chi connectivity index (χ2n) is 7.24. The maximum atomic E-state index is 14.7. The number of fused-ring (bicyclic) bond motifs is 1. The fourth-order valence-electron chi connectivity index (χ4n) is 3.14. The van der Waals surface area contributed by atoms with Gasteiger partial charge >= 0.3 is 0 Å². The molecule has 1 heterocycles. The van der Waals surface area contributed by atoms with E-state index in [0.717, 1.165) is 6.07 Å². The first-order valence-corrected chi connectivity index (χ1v) is 9.25. The molecule has 0 amide bonds. The number of nitrogen functional groups attached to an aromatic ring is 1. The fraction of sp³-hybridized carbons (Fsp3) is 0.333. The molecule has 3 rings (SSSR count). The first-order valence-electron chi connectivity index (χ1n) is 9.75. The van der Waals surface area contributed by atoms with Gasteiger partial charge in [-0.3, -0.25) is 0 Å². The summed E-state index contributed by atoms with van der Waals surface area (Å²) in [6, 6.07) is 5.37. The second kappa shape index (κ2) is 8.14. The van der Waals surface area contributed by atoms with E-state index in [0.29, 0.717) is 28.2 Å². The van der Waals surface area contributed by atoms with Crippen LogP contribution in [0.5, 0.6) is 0 Å². The first kappa shape index (κ1) is 19.3. The zero-order chi connectivity index (χ0) is 22.2. The zero-order valence-electron chi connectivity index (χ0n) is 17.6. The Morgan fingerprint density at radius 3 is 2.41 bits per heavy atom. The lowest BCUT2D eigenvalue weighted by molar-refractivity contribution is 0.146. The molecule has 0 saturated carbocycles. The van der Waals surface area contributed by atoms with Crippen LogP contribution in [0.25, 0.3) is 10.9 Å². The highest BCUT2D eigenvalue weighted by molar-refractivity contribution is 5.91. The van der Waals surface area contributed by atoms with Crippen molar-refractivity contribution in [1.29, 1.82) is 0 Å². The molecule has 29 heavy (non-hydrogen) atoms. The van der Waals surface area contributed by atoms with Gasteiger partial charge in [0.15, 0.2) is 0 Å². The number of nitrogens with two attached hydrogens (primary N) is 1. The van der Waals surface area contributed by atoms with Gasteiger partial charge in [0.25, 0.3) is 6.43 Å². The highest BCUT2D eigenvalue weighted by Crippen LogP contribution is 2.33. The summed E-state index contributed by atoms with van der Waals surface area (Å²) in [5.74, 6) is -0.121. The summed E-state index contributed by atoms with van der Waals surface area (Å²) in [6.45, 7) is 7.26. The van der Waals surface area contributed by atoms with Crippen molar-refractivity contribution >= 4 is 28.1 Å². The van der Waals surface area contributed by atoms with Gasteiger partial charge in [-0.25, -0.2) is 23.1 Å². The van der Waals surface area contributed by atoms with Crippen LogP contribution in [0.1, 0.15) is 51.6 Å². The number of nitrogens with one attached hydrogen (secondary N) is 2. The molecule has 0 aliphatic heterocycles. The Morgan fingerprint density at radius 1 is 1.07 bits per heavy atom. The number of alkyl halides is 2. The van der Waals surface area contributed by atoms with Gasteiger partial charge in [-0.05, 0) is 58.0 Å². The van der Waals surface area contributed by atoms with Crippen molar-refractivity contribution in [3.05, 3.63) is 53.1 Å². The molecule has 1 atom stereocenters. The van der Waals surface area contributed by atoms with E-state index in [1.807, 2.05) is 13.8 Å². The van der Waals surface area contributed by atoms with Crippen LogP contribution in [0.4, 0.5) is 30.4 Å². The number of rotatable bonds is 6. The minimum absolute atomic E-state index is 0.0207. The van der Waals surface area contributed by atoms with E-state index in [1.165, 1.54) is 6.07 Å². The number of aromatic nitrogens is 2. The van der Waals surface area contributed by atoms with E-state index >= 15 is 0 Å². The summed E-state index contributed by atoms with van der Waals surface area (Å²) in [5.41, 5.74) is 6.22. The van der Waals surface area contributed by atoms with E-state index in [-0.39, 0.29) is 23.3 Å². The molecule has 0 aliphatic carbocycles. The maximum Gasteiger partial charge on any atom is 0.266 e.